The monoisotopic (exact) mass is 200 g/mol. The minimum absolute atomic E-state index is 0. The number of nitrogens with two attached hydrogens (primary N) is 1. The first kappa shape index (κ1) is 9.83. The Labute approximate surface area is 80.1 Å². The zero-order valence-electron chi connectivity index (χ0n) is 6.74. The largest absolute Gasteiger partial charge is 0.417 e. The van der Waals surface area contributed by atoms with Crippen LogP contribution in [0.15, 0.2) is 27.4 Å². The molecule has 13 heavy (non-hydrogen) atoms. The maximum absolute atomic E-state index is 10.7. The van der Waals surface area contributed by atoms with Crippen molar-refractivity contribution in [3.05, 3.63) is 34.3 Å². The highest BCUT2D eigenvalue weighted by Gasteiger charge is 1.99. The third-order valence-electron chi connectivity index (χ3n) is 1.72. The van der Waals surface area contributed by atoms with Gasteiger partial charge in [-0.3, -0.25) is 4.98 Å². The van der Waals surface area contributed by atoms with Gasteiger partial charge in [-0.05, 0) is 17.7 Å². The molecule has 0 saturated heterocycles. The second-order valence-corrected chi connectivity index (χ2v) is 2.55. The molecule has 2 aromatic rings. The van der Waals surface area contributed by atoms with Crippen LogP contribution in [0.25, 0.3) is 11.1 Å². The Morgan fingerprint density at radius 1 is 1.46 bits per heavy atom. The Balaban J connectivity index is 0.000000845. The van der Waals surface area contributed by atoms with E-state index in [4.69, 9.17) is 10.2 Å². The van der Waals surface area contributed by atoms with Gasteiger partial charge in [0.1, 0.15) is 0 Å². The predicted octanol–water partition coefficient (Wildman–Crippen LogP) is 1.00. The SMILES string of the molecule is Cl.NCc1ccc2oc(=O)[nH]c2c1. The smallest absolute Gasteiger partial charge is 0.408 e. The van der Waals surface area contributed by atoms with Crippen LogP contribution in [0.3, 0.4) is 0 Å². The van der Waals surface area contributed by atoms with Crippen LogP contribution in [0.4, 0.5) is 0 Å². The average Bonchev–Trinajstić information content (AvgIpc) is 2.43. The molecule has 0 aliphatic heterocycles. The van der Waals surface area contributed by atoms with Crippen molar-refractivity contribution in [3.8, 4) is 0 Å². The fourth-order valence-electron chi connectivity index (χ4n) is 1.13. The lowest BCUT2D eigenvalue weighted by atomic mass is 10.2. The van der Waals surface area contributed by atoms with Gasteiger partial charge in [0.05, 0.1) is 5.52 Å². The van der Waals surface area contributed by atoms with Crippen molar-refractivity contribution in [2.45, 2.75) is 6.54 Å². The molecule has 4 nitrogen and oxygen atoms in total. The second kappa shape index (κ2) is 3.64. The van der Waals surface area contributed by atoms with E-state index in [1.165, 1.54) is 0 Å². The Morgan fingerprint density at radius 3 is 2.92 bits per heavy atom. The number of H-pyrrole nitrogens is 1. The molecular weight excluding hydrogens is 192 g/mol. The summed E-state index contributed by atoms with van der Waals surface area (Å²) in [5.74, 6) is -0.431. The van der Waals surface area contributed by atoms with E-state index < -0.39 is 5.76 Å². The zero-order valence-corrected chi connectivity index (χ0v) is 7.56. The Kier molecular flexibility index (Phi) is 2.75. The number of rotatable bonds is 1. The summed E-state index contributed by atoms with van der Waals surface area (Å²) in [6, 6.07) is 5.37. The number of hydrogen-bond acceptors (Lipinski definition) is 3. The quantitative estimate of drug-likeness (QED) is 0.722. The highest BCUT2D eigenvalue weighted by molar-refractivity contribution is 5.85. The van der Waals surface area contributed by atoms with E-state index >= 15 is 0 Å². The average molecular weight is 201 g/mol. The third kappa shape index (κ3) is 1.74. The van der Waals surface area contributed by atoms with Gasteiger partial charge >= 0.3 is 5.76 Å². The molecule has 5 heteroatoms. The number of aromatic amines is 1. The summed E-state index contributed by atoms with van der Waals surface area (Å²) in [6.07, 6.45) is 0. The van der Waals surface area contributed by atoms with Crippen molar-refractivity contribution in [1.82, 2.24) is 4.98 Å². The first-order valence-corrected chi connectivity index (χ1v) is 3.61. The molecule has 0 fully saturated rings. The van der Waals surface area contributed by atoms with Crippen molar-refractivity contribution in [2.24, 2.45) is 5.73 Å². The summed E-state index contributed by atoms with van der Waals surface area (Å²) in [5.41, 5.74) is 7.66. The normalized spacial score (nSPS) is 9.92. The minimum Gasteiger partial charge on any atom is -0.408 e. The topological polar surface area (TPSA) is 72.0 Å². The van der Waals surface area contributed by atoms with Crippen molar-refractivity contribution >= 4 is 23.5 Å². The molecule has 0 amide bonds. The van der Waals surface area contributed by atoms with Crippen LogP contribution >= 0.6 is 12.4 Å². The molecule has 1 aromatic carbocycles. The summed E-state index contributed by atoms with van der Waals surface area (Å²) < 4.78 is 4.82. The summed E-state index contributed by atoms with van der Waals surface area (Å²) >= 11 is 0. The van der Waals surface area contributed by atoms with E-state index in [9.17, 15) is 4.79 Å². The number of fused-ring (bicyclic) bond motifs is 1. The van der Waals surface area contributed by atoms with Gasteiger partial charge in [-0.25, -0.2) is 4.79 Å². The van der Waals surface area contributed by atoms with Gasteiger partial charge in [0.15, 0.2) is 5.58 Å². The summed E-state index contributed by atoms with van der Waals surface area (Å²) in [6.45, 7) is 0.461. The van der Waals surface area contributed by atoms with Gasteiger partial charge in [-0.1, -0.05) is 6.07 Å². The van der Waals surface area contributed by atoms with Crippen LogP contribution in [0.2, 0.25) is 0 Å². The number of halogens is 1. The molecule has 2 rings (SSSR count). The Bertz CT molecular complexity index is 460. The van der Waals surface area contributed by atoms with Gasteiger partial charge in [0.25, 0.3) is 0 Å². The predicted molar refractivity (Wildman–Crippen MR) is 52.0 cm³/mol. The summed E-state index contributed by atoms with van der Waals surface area (Å²) in [7, 11) is 0. The molecule has 0 radical (unpaired) electrons. The molecule has 0 unspecified atom stereocenters. The second-order valence-electron chi connectivity index (χ2n) is 2.55. The number of nitrogens with one attached hydrogen (secondary N) is 1. The first-order chi connectivity index (χ1) is 5.79. The van der Waals surface area contributed by atoms with Crippen molar-refractivity contribution < 1.29 is 4.42 Å². The van der Waals surface area contributed by atoms with Crippen molar-refractivity contribution in [2.75, 3.05) is 0 Å². The molecule has 70 valence electrons. The van der Waals surface area contributed by atoms with Crippen molar-refractivity contribution in [3.63, 3.8) is 0 Å². The molecule has 3 N–H and O–H groups in total. The molecule has 0 aliphatic carbocycles. The first-order valence-electron chi connectivity index (χ1n) is 3.61. The van der Waals surface area contributed by atoms with Crippen LogP contribution in [-0.4, -0.2) is 4.98 Å². The molecule has 0 saturated carbocycles. The summed E-state index contributed by atoms with van der Waals surface area (Å²) in [4.78, 5) is 13.3. The van der Waals surface area contributed by atoms with Gasteiger partial charge in [-0.15, -0.1) is 12.4 Å². The molecule has 1 aromatic heterocycles. The standard InChI is InChI=1S/C8H8N2O2.ClH/c9-4-5-1-2-7-6(3-5)10-8(11)12-7;/h1-3H,4,9H2,(H,10,11);1H. The van der Waals surface area contributed by atoms with Gasteiger partial charge in [0.2, 0.25) is 0 Å². The van der Waals surface area contributed by atoms with E-state index in [2.05, 4.69) is 4.98 Å². The number of aromatic nitrogens is 1. The van der Waals surface area contributed by atoms with Gasteiger partial charge in [-0.2, -0.15) is 0 Å². The lowest BCUT2D eigenvalue weighted by molar-refractivity contribution is 0.555. The lowest BCUT2D eigenvalue weighted by Gasteiger charge is -1.93. The van der Waals surface area contributed by atoms with E-state index in [0.717, 1.165) is 5.56 Å². The fraction of sp³-hybridized carbons (Fsp3) is 0.125. The molecule has 0 atom stereocenters. The lowest BCUT2D eigenvalue weighted by Crippen LogP contribution is -1.95. The summed E-state index contributed by atoms with van der Waals surface area (Å²) in [5, 5.41) is 0. The number of benzene rings is 1. The van der Waals surface area contributed by atoms with E-state index in [1.54, 1.807) is 12.1 Å². The number of oxazole rings is 1. The third-order valence-corrected chi connectivity index (χ3v) is 1.72. The fourth-order valence-corrected chi connectivity index (χ4v) is 1.13. The van der Waals surface area contributed by atoms with Crippen LogP contribution in [0.1, 0.15) is 5.56 Å². The highest BCUT2D eigenvalue weighted by Crippen LogP contribution is 2.11. The highest BCUT2D eigenvalue weighted by atomic mass is 35.5. The maximum Gasteiger partial charge on any atom is 0.417 e. The van der Waals surface area contributed by atoms with Crippen LogP contribution in [0.5, 0.6) is 0 Å². The zero-order chi connectivity index (χ0) is 8.55. The van der Waals surface area contributed by atoms with E-state index in [0.29, 0.717) is 17.6 Å². The van der Waals surface area contributed by atoms with Crippen LogP contribution < -0.4 is 11.5 Å². The Hall–Kier alpha value is -1.26. The molecule has 1 heterocycles. The molecule has 0 spiro atoms. The van der Waals surface area contributed by atoms with Crippen molar-refractivity contribution in [1.29, 1.82) is 0 Å². The van der Waals surface area contributed by atoms with Gasteiger partial charge < -0.3 is 10.2 Å². The van der Waals surface area contributed by atoms with Crippen LogP contribution in [-0.2, 0) is 6.54 Å². The Morgan fingerprint density at radius 2 is 2.23 bits per heavy atom. The maximum atomic E-state index is 10.7. The molecule has 0 bridgehead atoms. The molecular formula is C8H9ClN2O2. The van der Waals surface area contributed by atoms with E-state index in [-0.39, 0.29) is 12.4 Å². The number of hydrogen-bond donors (Lipinski definition) is 2. The minimum atomic E-state index is -0.431. The van der Waals surface area contributed by atoms with E-state index in [1.807, 2.05) is 6.07 Å². The van der Waals surface area contributed by atoms with Crippen LogP contribution in [0, 0.1) is 0 Å². The van der Waals surface area contributed by atoms with Gasteiger partial charge in [0, 0.05) is 6.54 Å². The molecule has 0 aliphatic rings.